The number of likely N-dealkylation sites (N-methyl/N-ethyl adjacent to an activating group) is 1. The van der Waals surface area contributed by atoms with Crippen LogP contribution < -0.4 is 11.1 Å². The van der Waals surface area contributed by atoms with Crippen LogP contribution in [0, 0.1) is 0 Å². The number of alkyl halides is 3. The third-order valence-corrected chi connectivity index (χ3v) is 3.06. The van der Waals surface area contributed by atoms with Gasteiger partial charge in [0.2, 0.25) is 5.91 Å². The Morgan fingerprint density at radius 3 is 2.84 bits per heavy atom. The van der Waals surface area contributed by atoms with Gasteiger partial charge in [-0.2, -0.15) is 13.2 Å². The third kappa shape index (κ3) is 2.83. The molecule has 1 unspecified atom stereocenters. The summed E-state index contributed by atoms with van der Waals surface area (Å²) in [5.74, 6) is -0.608. The summed E-state index contributed by atoms with van der Waals surface area (Å²) in [5, 5.41) is 3.03. The summed E-state index contributed by atoms with van der Waals surface area (Å²) in [5.41, 5.74) is 6.86. The quantitative estimate of drug-likeness (QED) is 0.768. The molecule has 0 fully saturated rings. The van der Waals surface area contributed by atoms with Crippen LogP contribution in [-0.4, -0.2) is 49.8 Å². The number of nitrogens with zero attached hydrogens (tertiary/aromatic N) is 1. The van der Waals surface area contributed by atoms with Crippen molar-refractivity contribution in [2.75, 3.05) is 26.7 Å². The summed E-state index contributed by atoms with van der Waals surface area (Å²) in [6.07, 6.45) is -2.91. The fraction of sp³-hybridized carbons (Fsp3) is 0.545. The molecular weight excluding hydrogens is 263 g/mol. The number of nitrogens with two attached hydrogens (primary N) is 1. The second-order valence-corrected chi connectivity index (χ2v) is 4.46. The van der Waals surface area contributed by atoms with Crippen LogP contribution in [-0.2, 0) is 9.53 Å². The van der Waals surface area contributed by atoms with Crippen molar-refractivity contribution in [2.45, 2.75) is 12.2 Å². The van der Waals surface area contributed by atoms with E-state index in [1.54, 1.807) is 0 Å². The number of rotatable bonds is 3. The normalized spacial score (nSPS) is 23.3. The number of nitrogens with one attached hydrogen (secondary N) is 1. The average molecular weight is 277 g/mol. The molecule has 0 saturated carbocycles. The molecule has 1 atom stereocenters. The van der Waals surface area contributed by atoms with Crippen LogP contribution in [0.15, 0.2) is 23.1 Å². The first-order valence-corrected chi connectivity index (χ1v) is 5.65. The van der Waals surface area contributed by atoms with Crippen LogP contribution in [0.1, 0.15) is 0 Å². The molecule has 0 aromatic rings. The summed E-state index contributed by atoms with van der Waals surface area (Å²) in [4.78, 5) is 12.8. The van der Waals surface area contributed by atoms with E-state index in [4.69, 9.17) is 10.5 Å². The van der Waals surface area contributed by atoms with E-state index in [2.05, 4.69) is 5.32 Å². The first-order chi connectivity index (χ1) is 8.79. The first-order valence-electron chi connectivity index (χ1n) is 5.65. The minimum atomic E-state index is -4.42. The molecule has 106 valence electrons. The van der Waals surface area contributed by atoms with Crippen LogP contribution in [0.4, 0.5) is 13.2 Å². The number of carbonyl (C=O) groups is 1. The molecular formula is C11H14F3N3O2. The fourth-order valence-electron chi connectivity index (χ4n) is 2.25. The molecule has 2 heterocycles. The van der Waals surface area contributed by atoms with Crippen LogP contribution in [0.3, 0.4) is 0 Å². The van der Waals surface area contributed by atoms with Crippen molar-refractivity contribution in [3.8, 4) is 0 Å². The zero-order valence-corrected chi connectivity index (χ0v) is 10.3. The Morgan fingerprint density at radius 1 is 1.58 bits per heavy atom. The molecule has 0 saturated heterocycles. The molecule has 2 aliphatic heterocycles. The Labute approximate surface area is 107 Å². The van der Waals surface area contributed by atoms with E-state index in [1.807, 2.05) is 0 Å². The van der Waals surface area contributed by atoms with Crippen molar-refractivity contribution in [2.24, 2.45) is 5.73 Å². The van der Waals surface area contributed by atoms with Gasteiger partial charge < -0.3 is 20.7 Å². The summed E-state index contributed by atoms with van der Waals surface area (Å²) in [6, 6.07) is -0.766. The van der Waals surface area contributed by atoms with Gasteiger partial charge in [-0.05, 0) is 11.1 Å². The molecule has 0 aromatic heterocycles. The van der Waals surface area contributed by atoms with Gasteiger partial charge in [-0.3, -0.25) is 4.79 Å². The van der Waals surface area contributed by atoms with Crippen LogP contribution >= 0.6 is 0 Å². The molecule has 19 heavy (non-hydrogen) atoms. The van der Waals surface area contributed by atoms with Crippen LogP contribution in [0.25, 0.3) is 0 Å². The zero-order chi connectivity index (χ0) is 14.2. The lowest BCUT2D eigenvalue weighted by Crippen LogP contribution is -2.46. The van der Waals surface area contributed by atoms with Crippen LogP contribution in [0.5, 0.6) is 0 Å². The van der Waals surface area contributed by atoms with Gasteiger partial charge in [-0.1, -0.05) is 0 Å². The van der Waals surface area contributed by atoms with Crippen molar-refractivity contribution >= 4 is 5.91 Å². The van der Waals surface area contributed by atoms with E-state index >= 15 is 0 Å². The lowest BCUT2D eigenvalue weighted by atomic mass is 9.98. The number of halogens is 3. The Hall–Kier alpha value is -1.70. The Kier molecular flexibility index (Phi) is 3.44. The second kappa shape index (κ2) is 4.76. The maximum absolute atomic E-state index is 12.2. The van der Waals surface area contributed by atoms with E-state index in [-0.39, 0.29) is 5.88 Å². The highest BCUT2D eigenvalue weighted by Crippen LogP contribution is 2.29. The van der Waals surface area contributed by atoms with Gasteiger partial charge in [0.05, 0.1) is 0 Å². The van der Waals surface area contributed by atoms with Gasteiger partial charge in [0.15, 0.2) is 12.5 Å². The molecule has 5 nitrogen and oxygen atoms in total. The third-order valence-electron chi connectivity index (χ3n) is 3.06. The monoisotopic (exact) mass is 277 g/mol. The molecule has 1 amide bonds. The lowest BCUT2D eigenvalue weighted by Gasteiger charge is -2.33. The maximum atomic E-state index is 12.2. The van der Waals surface area contributed by atoms with Gasteiger partial charge in [-0.25, -0.2) is 0 Å². The number of carbonyl (C=O) groups excluding carboxylic acids is 1. The summed E-state index contributed by atoms with van der Waals surface area (Å²) < 4.78 is 41.3. The minimum absolute atomic E-state index is 0.00331. The molecule has 8 heteroatoms. The van der Waals surface area contributed by atoms with Gasteiger partial charge in [0, 0.05) is 26.2 Å². The number of hydrogen-bond donors (Lipinski definition) is 2. The highest BCUT2D eigenvalue weighted by atomic mass is 19.4. The molecule has 2 aliphatic rings. The van der Waals surface area contributed by atoms with E-state index in [0.29, 0.717) is 13.1 Å². The highest BCUT2D eigenvalue weighted by molar-refractivity contribution is 5.84. The van der Waals surface area contributed by atoms with Gasteiger partial charge in [0.25, 0.3) is 0 Å². The van der Waals surface area contributed by atoms with Crippen molar-refractivity contribution in [3.05, 3.63) is 23.1 Å². The lowest BCUT2D eigenvalue weighted by molar-refractivity contribution is -0.170. The topological polar surface area (TPSA) is 67.6 Å². The predicted molar refractivity (Wildman–Crippen MR) is 60.7 cm³/mol. The predicted octanol–water partition coefficient (Wildman–Crippen LogP) is 0.106. The number of ether oxygens (including phenoxy) is 1. The van der Waals surface area contributed by atoms with Crippen molar-refractivity contribution in [1.29, 1.82) is 0 Å². The van der Waals surface area contributed by atoms with E-state index in [9.17, 15) is 18.0 Å². The SMILES string of the molecule is CN1C(OCC(F)(F)F)=CC2=C(CNC2)C1C(N)=O. The number of hydrogen-bond acceptors (Lipinski definition) is 4. The number of amides is 1. The molecule has 0 aliphatic carbocycles. The molecule has 0 radical (unpaired) electrons. The largest absolute Gasteiger partial charge is 0.469 e. The van der Waals surface area contributed by atoms with Crippen molar-refractivity contribution < 1.29 is 22.7 Å². The average Bonchev–Trinajstić information content (AvgIpc) is 2.71. The summed E-state index contributed by atoms with van der Waals surface area (Å²) >= 11 is 0. The molecule has 2 rings (SSSR count). The zero-order valence-electron chi connectivity index (χ0n) is 10.3. The van der Waals surface area contributed by atoms with Crippen LogP contribution in [0.2, 0.25) is 0 Å². The number of primary amides is 1. The molecule has 3 N–H and O–H groups in total. The van der Waals surface area contributed by atoms with Gasteiger partial charge in [0.1, 0.15) is 6.04 Å². The molecule has 0 aromatic carbocycles. The Morgan fingerprint density at radius 2 is 2.26 bits per heavy atom. The van der Waals surface area contributed by atoms with Crippen molar-refractivity contribution in [3.63, 3.8) is 0 Å². The van der Waals surface area contributed by atoms with E-state index in [0.717, 1.165) is 11.1 Å². The van der Waals surface area contributed by atoms with Gasteiger partial charge in [-0.15, -0.1) is 0 Å². The standard InChI is InChI=1S/C11H14F3N3O2/c1-17-8(19-5-11(12,13)14)2-6-3-16-4-7(6)9(17)10(15)18/h2,9,16H,3-5H2,1H3,(H2,15,18). The maximum Gasteiger partial charge on any atom is 0.422 e. The molecule has 0 bridgehead atoms. The van der Waals surface area contributed by atoms with Crippen molar-refractivity contribution in [1.82, 2.24) is 10.2 Å². The van der Waals surface area contributed by atoms with E-state index < -0.39 is 24.7 Å². The van der Waals surface area contributed by atoms with E-state index in [1.165, 1.54) is 18.0 Å². The Balaban J connectivity index is 2.22. The molecule has 0 spiro atoms. The van der Waals surface area contributed by atoms with Gasteiger partial charge >= 0.3 is 6.18 Å². The smallest absolute Gasteiger partial charge is 0.422 e. The highest BCUT2D eigenvalue weighted by Gasteiger charge is 2.36. The minimum Gasteiger partial charge on any atom is -0.469 e. The Bertz CT molecular complexity index is 457. The fourth-order valence-corrected chi connectivity index (χ4v) is 2.25. The summed E-state index contributed by atoms with van der Waals surface area (Å²) in [7, 11) is 1.49. The summed E-state index contributed by atoms with van der Waals surface area (Å²) in [6.45, 7) is -0.410. The second-order valence-electron chi connectivity index (χ2n) is 4.46. The first kappa shape index (κ1) is 13.7.